The second kappa shape index (κ2) is 4.92. The molecule has 2 heterocycles. The molecule has 3 rings (SSSR count). The lowest BCUT2D eigenvalue weighted by molar-refractivity contribution is 0.319. The van der Waals surface area contributed by atoms with Crippen LogP contribution in [0.25, 0.3) is 0 Å². The maximum absolute atomic E-state index is 5.85. The van der Waals surface area contributed by atoms with Crippen LogP contribution in [-0.2, 0) is 0 Å². The lowest BCUT2D eigenvalue weighted by Gasteiger charge is -2.33. The van der Waals surface area contributed by atoms with Gasteiger partial charge in [-0.1, -0.05) is 32.0 Å². The van der Waals surface area contributed by atoms with Gasteiger partial charge >= 0.3 is 0 Å². The van der Waals surface area contributed by atoms with E-state index in [9.17, 15) is 0 Å². The molecule has 1 saturated heterocycles. The van der Waals surface area contributed by atoms with Crippen molar-refractivity contribution in [2.45, 2.75) is 32.2 Å². The summed E-state index contributed by atoms with van der Waals surface area (Å²) in [5.74, 6) is 0.588. The van der Waals surface area contributed by atoms with Gasteiger partial charge in [-0.3, -0.25) is 0 Å². The lowest BCUT2D eigenvalue weighted by atomic mass is 9.88. The third kappa shape index (κ3) is 1.96. The Morgan fingerprint density at radius 2 is 2.06 bits per heavy atom. The normalized spacial score (nSPS) is 27.1. The summed E-state index contributed by atoms with van der Waals surface area (Å²) in [4.78, 5) is 1.94. The van der Waals surface area contributed by atoms with Gasteiger partial charge in [-0.25, -0.2) is 0 Å². The lowest BCUT2D eigenvalue weighted by Crippen LogP contribution is -2.40. The number of nitrogens with zero attached hydrogens (tertiary/aromatic N) is 1. The molecule has 0 spiro atoms. The van der Waals surface area contributed by atoms with Gasteiger partial charge < -0.3 is 10.1 Å². The van der Waals surface area contributed by atoms with E-state index in [1.54, 1.807) is 0 Å². The summed E-state index contributed by atoms with van der Waals surface area (Å²) in [5.41, 5.74) is 2.74. The smallest absolute Gasteiger partial charge is 0.182 e. The number of para-hydroxylation sites is 1. The van der Waals surface area contributed by atoms with Gasteiger partial charge in [-0.05, 0) is 31.1 Å². The second-order valence-corrected chi connectivity index (χ2v) is 4.23. The number of hydrogen-bond donors (Lipinski definition) is 1. The molecule has 2 radical (unpaired) electrons. The molecule has 1 aromatic carbocycles. The quantitative estimate of drug-likeness (QED) is 0.667. The third-order valence-electron chi connectivity index (χ3n) is 3.35. The highest BCUT2D eigenvalue weighted by Crippen LogP contribution is 2.39. The molecule has 2 atom stereocenters. The largest absolute Gasteiger partial charge is 0.381 e. The molecule has 3 heteroatoms. The molecular formula is C13H19BN2. The maximum Gasteiger partial charge on any atom is 0.182 e. The number of nitrogens with one attached hydrogen (secondary N) is 1. The maximum atomic E-state index is 5.85. The van der Waals surface area contributed by atoms with E-state index >= 15 is 0 Å². The molecule has 1 N–H and O–H groups in total. The molecule has 1 fully saturated rings. The Kier molecular flexibility index (Phi) is 3.54. The van der Waals surface area contributed by atoms with Crippen molar-refractivity contribution >= 4 is 13.7 Å². The molecule has 1 aromatic rings. The van der Waals surface area contributed by atoms with Crippen molar-refractivity contribution in [1.29, 1.82) is 0 Å². The van der Waals surface area contributed by atoms with Crippen LogP contribution in [0.15, 0.2) is 24.3 Å². The van der Waals surface area contributed by atoms with E-state index in [0.717, 1.165) is 19.5 Å². The van der Waals surface area contributed by atoms with E-state index in [1.165, 1.54) is 11.3 Å². The van der Waals surface area contributed by atoms with Gasteiger partial charge in [0.2, 0.25) is 0 Å². The van der Waals surface area contributed by atoms with Crippen LogP contribution < -0.4 is 5.32 Å². The molecule has 16 heavy (non-hydrogen) atoms. The van der Waals surface area contributed by atoms with Crippen LogP contribution in [0.3, 0.4) is 0 Å². The molecule has 2 aliphatic heterocycles. The van der Waals surface area contributed by atoms with Gasteiger partial charge in [0.05, 0.1) is 0 Å². The predicted molar refractivity (Wildman–Crippen MR) is 69.9 cm³/mol. The van der Waals surface area contributed by atoms with Crippen LogP contribution in [0.5, 0.6) is 0 Å². The summed E-state index contributed by atoms with van der Waals surface area (Å²) in [7, 11) is 5.85. The Labute approximate surface area is 99.5 Å². The summed E-state index contributed by atoms with van der Waals surface area (Å²) < 4.78 is 0. The van der Waals surface area contributed by atoms with Gasteiger partial charge in [0.15, 0.2) is 7.98 Å². The Hall–Kier alpha value is -0.955. The number of hydrogen-bond acceptors (Lipinski definition) is 2. The van der Waals surface area contributed by atoms with Crippen molar-refractivity contribution in [1.82, 2.24) is 4.81 Å². The monoisotopic (exact) mass is 214 g/mol. The second-order valence-electron chi connectivity index (χ2n) is 4.23. The number of piperidine rings is 1. The van der Waals surface area contributed by atoms with Crippen molar-refractivity contribution in [3.05, 3.63) is 29.8 Å². The van der Waals surface area contributed by atoms with Gasteiger partial charge in [-0.2, -0.15) is 0 Å². The van der Waals surface area contributed by atoms with Crippen LogP contribution in [0.4, 0.5) is 5.69 Å². The summed E-state index contributed by atoms with van der Waals surface area (Å²) >= 11 is 0. The van der Waals surface area contributed by atoms with Crippen LogP contribution in [0.2, 0.25) is 0 Å². The zero-order valence-corrected chi connectivity index (χ0v) is 10.1. The number of anilines is 1. The minimum atomic E-state index is 0.588. The Morgan fingerprint density at radius 1 is 1.31 bits per heavy atom. The zero-order chi connectivity index (χ0) is 11.5. The van der Waals surface area contributed by atoms with Crippen LogP contribution >= 0.6 is 0 Å². The zero-order valence-electron chi connectivity index (χ0n) is 10.1. The van der Waals surface area contributed by atoms with Gasteiger partial charge in [0.25, 0.3) is 0 Å². The van der Waals surface area contributed by atoms with Crippen molar-refractivity contribution in [3.63, 3.8) is 0 Å². The van der Waals surface area contributed by atoms with Crippen LogP contribution in [0, 0.1) is 0 Å². The number of benzene rings is 1. The van der Waals surface area contributed by atoms with E-state index in [1.807, 2.05) is 18.7 Å². The highest BCUT2D eigenvalue weighted by Gasteiger charge is 2.34. The standard InChI is InChI=1S/C11H13BN2.C2H6/c12-14-6-5-11-9(7-14)8-3-1-2-4-10(8)13-11;1-2/h1-4,9,11,13H,5-7H2;1-2H3/t9-,11-;/m0./s1. The molecular weight excluding hydrogens is 195 g/mol. The van der Waals surface area contributed by atoms with E-state index in [2.05, 4.69) is 29.6 Å². The third-order valence-corrected chi connectivity index (χ3v) is 3.35. The van der Waals surface area contributed by atoms with Crippen molar-refractivity contribution < 1.29 is 0 Å². The summed E-state index contributed by atoms with van der Waals surface area (Å²) in [5, 5.41) is 3.57. The minimum Gasteiger partial charge on any atom is -0.381 e. The average molecular weight is 214 g/mol. The fraction of sp³-hybridized carbons (Fsp3) is 0.538. The van der Waals surface area contributed by atoms with E-state index in [0.29, 0.717) is 12.0 Å². The fourth-order valence-electron chi connectivity index (χ4n) is 2.62. The first-order valence-electron chi connectivity index (χ1n) is 6.20. The first-order valence-corrected chi connectivity index (χ1v) is 6.20. The highest BCUT2D eigenvalue weighted by molar-refractivity contribution is 6.04. The first kappa shape index (κ1) is 11.5. The van der Waals surface area contributed by atoms with E-state index in [4.69, 9.17) is 7.98 Å². The van der Waals surface area contributed by atoms with Gasteiger partial charge in [0.1, 0.15) is 0 Å². The molecule has 0 unspecified atom stereocenters. The fourth-order valence-corrected chi connectivity index (χ4v) is 2.62. The molecule has 2 aliphatic rings. The van der Waals surface area contributed by atoms with E-state index < -0.39 is 0 Å². The molecule has 2 nitrogen and oxygen atoms in total. The van der Waals surface area contributed by atoms with Gasteiger partial charge in [-0.15, -0.1) is 0 Å². The molecule has 84 valence electrons. The first-order chi connectivity index (χ1) is 7.84. The summed E-state index contributed by atoms with van der Waals surface area (Å²) in [6, 6.07) is 9.18. The van der Waals surface area contributed by atoms with Gasteiger partial charge in [0, 0.05) is 17.6 Å². The molecule has 0 aliphatic carbocycles. The number of fused-ring (bicyclic) bond motifs is 3. The van der Waals surface area contributed by atoms with Crippen molar-refractivity contribution in [3.8, 4) is 0 Å². The number of rotatable bonds is 0. The molecule has 0 amide bonds. The average Bonchev–Trinajstić information content (AvgIpc) is 2.70. The minimum absolute atomic E-state index is 0.588. The molecule has 0 bridgehead atoms. The van der Waals surface area contributed by atoms with Crippen molar-refractivity contribution in [2.24, 2.45) is 0 Å². The molecule has 0 aromatic heterocycles. The summed E-state index contributed by atoms with van der Waals surface area (Å²) in [6.45, 7) is 5.98. The highest BCUT2D eigenvalue weighted by atomic mass is 15.1. The van der Waals surface area contributed by atoms with E-state index in [-0.39, 0.29) is 0 Å². The van der Waals surface area contributed by atoms with Crippen LogP contribution in [-0.4, -0.2) is 31.9 Å². The Bertz CT molecular complexity index is 354. The Balaban J connectivity index is 0.000000457. The van der Waals surface area contributed by atoms with Crippen molar-refractivity contribution in [2.75, 3.05) is 18.4 Å². The summed E-state index contributed by atoms with van der Waals surface area (Å²) in [6.07, 6.45) is 1.15. The SMILES string of the molecule is CC.[B]N1CC[C@@H]2Nc3ccccc3[C@@H]2C1. The Morgan fingerprint density at radius 3 is 2.88 bits per heavy atom. The predicted octanol–water partition coefficient (Wildman–Crippen LogP) is 2.38. The molecule has 0 saturated carbocycles. The van der Waals surface area contributed by atoms with Crippen LogP contribution in [0.1, 0.15) is 31.7 Å². The topological polar surface area (TPSA) is 15.3 Å².